The van der Waals surface area contributed by atoms with Gasteiger partial charge in [-0.3, -0.25) is 18.9 Å². The highest BCUT2D eigenvalue weighted by Crippen LogP contribution is 2.34. The van der Waals surface area contributed by atoms with Crippen molar-refractivity contribution in [2.45, 2.75) is 39.0 Å². The number of carbonyl (C=O) groups excluding carboxylic acids is 1. The summed E-state index contributed by atoms with van der Waals surface area (Å²) in [4.78, 5) is 38.2. The van der Waals surface area contributed by atoms with E-state index in [0.29, 0.717) is 59.0 Å². The first-order chi connectivity index (χ1) is 19.0. The normalized spacial score (nSPS) is 17.2. The molecule has 1 aromatic carbocycles. The summed E-state index contributed by atoms with van der Waals surface area (Å²) in [5, 5.41) is 0. The van der Waals surface area contributed by atoms with Crippen LogP contribution < -0.4 is 15.4 Å². The molecule has 204 valence electrons. The highest BCUT2D eigenvalue weighted by molar-refractivity contribution is 8.26. The minimum atomic E-state index is -0.259. The van der Waals surface area contributed by atoms with Crippen LogP contribution >= 0.6 is 24.0 Å². The second-order valence-corrected chi connectivity index (χ2v) is 11.5. The average molecular weight is 566 g/mol. The van der Waals surface area contributed by atoms with Gasteiger partial charge < -0.3 is 9.80 Å². The van der Waals surface area contributed by atoms with Crippen molar-refractivity contribution in [3.8, 4) is 0 Å². The Morgan fingerprint density at radius 1 is 0.974 bits per heavy atom. The highest BCUT2D eigenvalue weighted by atomic mass is 32.2. The van der Waals surface area contributed by atoms with E-state index in [1.807, 2.05) is 12.1 Å². The minimum Gasteiger partial charge on any atom is -0.368 e. The Morgan fingerprint density at radius 3 is 2.44 bits per heavy atom. The third kappa shape index (κ3) is 6.01. The van der Waals surface area contributed by atoms with Gasteiger partial charge in [0.1, 0.15) is 21.6 Å². The van der Waals surface area contributed by atoms with Crippen molar-refractivity contribution in [1.29, 1.82) is 0 Å². The summed E-state index contributed by atoms with van der Waals surface area (Å²) < 4.78 is 15.4. The van der Waals surface area contributed by atoms with Crippen LogP contribution in [0.4, 0.5) is 15.9 Å². The fourth-order valence-corrected chi connectivity index (χ4v) is 6.27. The van der Waals surface area contributed by atoms with Gasteiger partial charge in [-0.25, -0.2) is 9.37 Å². The number of piperazine rings is 1. The third-order valence-corrected chi connectivity index (χ3v) is 8.53. The summed E-state index contributed by atoms with van der Waals surface area (Å²) in [6.07, 6.45) is 8.85. The minimum absolute atomic E-state index is 0.148. The van der Waals surface area contributed by atoms with Crippen molar-refractivity contribution in [3.63, 3.8) is 0 Å². The number of halogens is 1. The van der Waals surface area contributed by atoms with E-state index in [1.54, 1.807) is 35.4 Å². The number of fused-ring (bicyclic) bond motifs is 1. The predicted octanol–water partition coefficient (Wildman–Crippen LogP) is 5.33. The topological polar surface area (TPSA) is 61.2 Å². The molecule has 2 aliphatic heterocycles. The molecule has 0 bridgehead atoms. The molecule has 39 heavy (non-hydrogen) atoms. The molecule has 2 saturated heterocycles. The van der Waals surface area contributed by atoms with E-state index in [9.17, 15) is 14.0 Å². The summed E-state index contributed by atoms with van der Waals surface area (Å²) in [5.41, 5.74) is 1.68. The fourth-order valence-electron chi connectivity index (χ4n) is 4.98. The van der Waals surface area contributed by atoms with Crippen LogP contribution in [0.2, 0.25) is 0 Å². The second kappa shape index (κ2) is 12.3. The lowest BCUT2D eigenvalue weighted by Crippen LogP contribution is -2.47. The smallest absolute Gasteiger partial charge is 0.267 e. The molecule has 4 heterocycles. The lowest BCUT2D eigenvalue weighted by Gasteiger charge is -2.37. The van der Waals surface area contributed by atoms with Crippen LogP contribution in [-0.4, -0.2) is 57.2 Å². The van der Waals surface area contributed by atoms with Crippen LogP contribution in [-0.2, 0) is 4.79 Å². The first kappa shape index (κ1) is 27.3. The largest absolute Gasteiger partial charge is 0.368 e. The van der Waals surface area contributed by atoms with E-state index < -0.39 is 0 Å². The standard InChI is InChI=1S/C29H32FN5O2S2/c1-2-3-4-5-7-15-35-28(37)24(39-29(35)38)20-23-26(31-25-9-6-8-14-34(25)27(23)36)33-18-16-32(17-19-33)22-12-10-21(30)11-13-22/h6,8-14,20H,2-5,7,15-19H2,1H3/b24-20+. The van der Waals surface area contributed by atoms with Gasteiger partial charge in [-0.05, 0) is 48.9 Å². The average Bonchev–Trinajstić information content (AvgIpc) is 3.22. The van der Waals surface area contributed by atoms with Crippen molar-refractivity contribution in [1.82, 2.24) is 14.3 Å². The van der Waals surface area contributed by atoms with Crippen LogP contribution in [0.3, 0.4) is 0 Å². The molecular formula is C29H32FN5O2S2. The van der Waals surface area contributed by atoms with Crippen molar-refractivity contribution >= 4 is 57.4 Å². The summed E-state index contributed by atoms with van der Waals surface area (Å²) in [6, 6.07) is 11.9. The molecule has 0 N–H and O–H groups in total. The summed E-state index contributed by atoms with van der Waals surface area (Å²) in [6.45, 7) is 5.43. The van der Waals surface area contributed by atoms with Gasteiger partial charge in [0, 0.05) is 44.6 Å². The molecule has 1 amide bonds. The first-order valence-electron chi connectivity index (χ1n) is 13.5. The van der Waals surface area contributed by atoms with Gasteiger partial charge >= 0.3 is 0 Å². The maximum atomic E-state index is 13.7. The summed E-state index contributed by atoms with van der Waals surface area (Å²) >= 11 is 6.78. The quantitative estimate of drug-likeness (QED) is 0.197. The number of aromatic nitrogens is 2. The predicted molar refractivity (Wildman–Crippen MR) is 161 cm³/mol. The molecular weight excluding hydrogens is 533 g/mol. The van der Waals surface area contributed by atoms with Gasteiger partial charge in [0.2, 0.25) is 0 Å². The van der Waals surface area contributed by atoms with Crippen molar-refractivity contribution in [2.75, 3.05) is 42.5 Å². The number of thioether (sulfide) groups is 1. The molecule has 0 saturated carbocycles. The van der Waals surface area contributed by atoms with E-state index in [-0.39, 0.29) is 17.3 Å². The summed E-state index contributed by atoms with van der Waals surface area (Å²) in [5.74, 6) is 0.157. The highest BCUT2D eigenvalue weighted by Gasteiger charge is 2.33. The zero-order chi connectivity index (χ0) is 27.4. The number of carbonyl (C=O) groups is 1. The number of anilines is 2. The number of amides is 1. The van der Waals surface area contributed by atoms with Crippen molar-refractivity contribution < 1.29 is 9.18 Å². The SMILES string of the molecule is CCCCCCCN1C(=O)/C(=C\c2c(N3CCN(c4ccc(F)cc4)CC3)nc3ccccn3c2=O)SC1=S. The molecule has 2 fully saturated rings. The Morgan fingerprint density at radius 2 is 1.69 bits per heavy atom. The second-order valence-electron chi connectivity index (χ2n) is 9.78. The van der Waals surface area contributed by atoms with Gasteiger partial charge in [0.05, 0.1) is 10.5 Å². The Kier molecular flexibility index (Phi) is 8.62. The summed E-state index contributed by atoms with van der Waals surface area (Å²) in [7, 11) is 0. The third-order valence-electron chi connectivity index (χ3n) is 7.15. The number of hydrogen-bond acceptors (Lipinski definition) is 7. The molecule has 0 unspecified atom stereocenters. The van der Waals surface area contributed by atoms with Gasteiger partial charge in [0.25, 0.3) is 11.5 Å². The molecule has 0 radical (unpaired) electrons. The lowest BCUT2D eigenvalue weighted by atomic mass is 10.1. The van der Waals surface area contributed by atoms with Gasteiger partial charge in [0.15, 0.2) is 0 Å². The number of unbranched alkanes of at least 4 members (excludes halogenated alkanes) is 4. The van der Waals surface area contributed by atoms with E-state index in [0.717, 1.165) is 24.9 Å². The monoisotopic (exact) mass is 565 g/mol. The van der Waals surface area contributed by atoms with Crippen LogP contribution in [0.25, 0.3) is 11.7 Å². The molecule has 2 aliphatic rings. The molecule has 0 spiro atoms. The molecule has 0 aliphatic carbocycles. The first-order valence-corrected chi connectivity index (χ1v) is 14.7. The molecule has 0 atom stereocenters. The van der Waals surface area contributed by atoms with Crippen molar-refractivity contribution in [2.24, 2.45) is 0 Å². The number of benzene rings is 1. The molecule has 5 rings (SSSR count). The van der Waals surface area contributed by atoms with E-state index in [2.05, 4.69) is 16.7 Å². The van der Waals surface area contributed by atoms with E-state index >= 15 is 0 Å². The van der Waals surface area contributed by atoms with Crippen molar-refractivity contribution in [3.05, 3.63) is 75.3 Å². The maximum absolute atomic E-state index is 13.7. The molecule has 2 aromatic heterocycles. The number of hydrogen-bond donors (Lipinski definition) is 0. The number of nitrogens with zero attached hydrogens (tertiary/aromatic N) is 5. The Bertz CT molecular complexity index is 1450. The van der Waals surface area contributed by atoms with Crippen LogP contribution in [0.5, 0.6) is 0 Å². The van der Waals surface area contributed by atoms with E-state index in [1.165, 1.54) is 41.1 Å². The van der Waals surface area contributed by atoms with E-state index in [4.69, 9.17) is 17.2 Å². The Balaban J connectivity index is 1.41. The van der Waals surface area contributed by atoms with Gasteiger partial charge in [-0.1, -0.05) is 62.7 Å². The Labute approximate surface area is 237 Å². The van der Waals surface area contributed by atoms with Crippen LogP contribution in [0.15, 0.2) is 58.4 Å². The maximum Gasteiger partial charge on any atom is 0.267 e. The zero-order valence-corrected chi connectivity index (χ0v) is 23.6. The zero-order valence-electron chi connectivity index (χ0n) is 22.0. The Hall–Kier alpha value is -3.24. The van der Waals surface area contributed by atoms with Crippen LogP contribution in [0.1, 0.15) is 44.6 Å². The number of rotatable bonds is 9. The van der Waals surface area contributed by atoms with Crippen LogP contribution in [0, 0.1) is 5.82 Å². The molecule has 7 nitrogen and oxygen atoms in total. The van der Waals surface area contributed by atoms with Gasteiger partial charge in [-0.2, -0.15) is 0 Å². The number of pyridine rings is 1. The molecule has 3 aromatic rings. The fraction of sp³-hybridized carbons (Fsp3) is 0.379. The number of thiocarbonyl (C=S) groups is 1. The lowest BCUT2D eigenvalue weighted by molar-refractivity contribution is -0.122. The molecule has 10 heteroatoms. The van der Waals surface area contributed by atoms with Gasteiger partial charge in [-0.15, -0.1) is 0 Å².